The molecule has 5 nitrogen and oxygen atoms in total. The first-order chi connectivity index (χ1) is 11.5. The average molecular weight is 350 g/mol. The lowest BCUT2D eigenvalue weighted by atomic mass is 9.81. The van der Waals surface area contributed by atoms with Crippen molar-refractivity contribution in [3.05, 3.63) is 34.9 Å². The van der Waals surface area contributed by atoms with Gasteiger partial charge in [0.2, 0.25) is 5.91 Å². The molecule has 6 heteroatoms. The van der Waals surface area contributed by atoms with Crippen molar-refractivity contribution >= 4 is 23.4 Å². The Bertz CT molecular complexity index is 620. The van der Waals surface area contributed by atoms with Crippen LogP contribution in [0.2, 0.25) is 5.02 Å². The van der Waals surface area contributed by atoms with Crippen LogP contribution in [0.3, 0.4) is 0 Å². The van der Waals surface area contributed by atoms with Gasteiger partial charge in [0.05, 0.1) is 5.54 Å². The highest BCUT2D eigenvalue weighted by molar-refractivity contribution is 6.30. The Labute approximate surface area is 147 Å². The van der Waals surface area contributed by atoms with Crippen LogP contribution >= 0.6 is 11.6 Å². The Balaban J connectivity index is 1.59. The minimum Gasteiger partial charge on any atom is -0.338 e. The Hall–Kier alpha value is -1.59. The highest BCUT2D eigenvalue weighted by atomic mass is 35.5. The summed E-state index contributed by atoms with van der Waals surface area (Å²) < 4.78 is 0. The van der Waals surface area contributed by atoms with Crippen molar-refractivity contribution in [2.75, 3.05) is 26.2 Å². The quantitative estimate of drug-likeness (QED) is 0.890. The molecule has 3 rings (SSSR count). The highest BCUT2D eigenvalue weighted by Gasteiger charge is 2.39. The second-order valence-electron chi connectivity index (χ2n) is 6.81. The van der Waals surface area contributed by atoms with Crippen molar-refractivity contribution in [2.45, 2.75) is 37.6 Å². The second-order valence-corrected chi connectivity index (χ2v) is 7.25. The molecule has 0 unspecified atom stereocenters. The van der Waals surface area contributed by atoms with E-state index in [1.807, 2.05) is 4.90 Å². The Morgan fingerprint density at radius 3 is 2.25 bits per heavy atom. The third kappa shape index (κ3) is 3.57. The minimum atomic E-state index is -0.697. The van der Waals surface area contributed by atoms with Gasteiger partial charge in [0, 0.05) is 36.8 Å². The summed E-state index contributed by atoms with van der Waals surface area (Å²) >= 11 is 5.96. The third-order valence-corrected chi connectivity index (χ3v) is 5.33. The van der Waals surface area contributed by atoms with Crippen LogP contribution in [-0.2, 0) is 4.79 Å². The van der Waals surface area contributed by atoms with Crippen LogP contribution in [0.4, 0.5) is 0 Å². The van der Waals surface area contributed by atoms with Crippen LogP contribution in [0.1, 0.15) is 42.5 Å². The van der Waals surface area contributed by atoms with Crippen LogP contribution in [0, 0.1) is 0 Å². The van der Waals surface area contributed by atoms with Gasteiger partial charge in [0.15, 0.2) is 0 Å². The number of amides is 2. The zero-order valence-corrected chi connectivity index (χ0v) is 14.6. The zero-order chi connectivity index (χ0) is 17.2. The van der Waals surface area contributed by atoms with Crippen molar-refractivity contribution in [1.29, 1.82) is 0 Å². The number of carbonyl (C=O) groups excluding carboxylic acids is 2. The highest BCUT2D eigenvalue weighted by Crippen LogP contribution is 2.28. The molecule has 24 heavy (non-hydrogen) atoms. The first kappa shape index (κ1) is 17.2. The van der Waals surface area contributed by atoms with Crippen molar-refractivity contribution in [3.8, 4) is 0 Å². The van der Waals surface area contributed by atoms with Crippen molar-refractivity contribution in [3.63, 3.8) is 0 Å². The summed E-state index contributed by atoms with van der Waals surface area (Å²) in [7, 11) is 0. The van der Waals surface area contributed by atoms with E-state index in [2.05, 4.69) is 0 Å². The van der Waals surface area contributed by atoms with Crippen molar-refractivity contribution in [1.82, 2.24) is 9.80 Å². The van der Waals surface area contributed by atoms with Gasteiger partial charge in [0.1, 0.15) is 0 Å². The Kier molecular flexibility index (Phi) is 5.11. The molecule has 2 aliphatic rings. The largest absolute Gasteiger partial charge is 0.338 e. The summed E-state index contributed by atoms with van der Waals surface area (Å²) in [4.78, 5) is 28.9. The number of carbonyl (C=O) groups is 2. The fourth-order valence-corrected chi connectivity index (χ4v) is 3.82. The van der Waals surface area contributed by atoms with Crippen LogP contribution in [0.25, 0.3) is 0 Å². The van der Waals surface area contributed by atoms with Crippen LogP contribution in [0.5, 0.6) is 0 Å². The number of benzene rings is 1. The van der Waals surface area contributed by atoms with Gasteiger partial charge in [-0.25, -0.2) is 0 Å². The number of nitrogens with two attached hydrogens (primary N) is 1. The summed E-state index contributed by atoms with van der Waals surface area (Å²) in [6, 6.07) is 6.97. The topological polar surface area (TPSA) is 66.6 Å². The molecule has 0 aromatic heterocycles. The van der Waals surface area contributed by atoms with Gasteiger partial charge in [-0.3, -0.25) is 9.59 Å². The van der Waals surface area contributed by atoms with Gasteiger partial charge in [-0.2, -0.15) is 0 Å². The normalized spacial score (nSPS) is 20.8. The molecule has 1 heterocycles. The van der Waals surface area contributed by atoms with Crippen LogP contribution in [0.15, 0.2) is 24.3 Å². The average Bonchev–Trinajstić information content (AvgIpc) is 2.61. The van der Waals surface area contributed by atoms with E-state index in [1.165, 1.54) is 0 Å². The van der Waals surface area contributed by atoms with E-state index in [0.717, 1.165) is 32.1 Å². The van der Waals surface area contributed by atoms with E-state index in [4.69, 9.17) is 17.3 Å². The van der Waals surface area contributed by atoms with Gasteiger partial charge in [-0.1, -0.05) is 36.9 Å². The summed E-state index contributed by atoms with van der Waals surface area (Å²) in [6.45, 7) is 2.16. The molecule has 0 atom stereocenters. The first-order valence-electron chi connectivity index (χ1n) is 8.63. The Morgan fingerprint density at radius 2 is 1.62 bits per heavy atom. The lowest BCUT2D eigenvalue weighted by Crippen LogP contribution is -2.60. The first-order valence-corrected chi connectivity index (χ1v) is 9.00. The predicted octanol–water partition coefficient (Wildman–Crippen LogP) is 2.29. The number of halogens is 1. The van der Waals surface area contributed by atoms with E-state index in [0.29, 0.717) is 36.8 Å². The van der Waals surface area contributed by atoms with Crippen LogP contribution in [-0.4, -0.2) is 53.3 Å². The molecule has 1 aromatic carbocycles. The number of hydrogen-bond acceptors (Lipinski definition) is 3. The molecule has 0 radical (unpaired) electrons. The standard InChI is InChI=1S/C18H24ClN3O2/c19-15-6-4-5-14(13-15)16(23)21-9-11-22(12-10-21)17(24)18(20)7-2-1-3-8-18/h4-6,13H,1-3,7-12,20H2. The smallest absolute Gasteiger partial charge is 0.254 e. The van der Waals surface area contributed by atoms with E-state index < -0.39 is 5.54 Å². The third-order valence-electron chi connectivity index (χ3n) is 5.10. The van der Waals surface area contributed by atoms with E-state index in [-0.39, 0.29) is 11.8 Å². The fourth-order valence-electron chi connectivity index (χ4n) is 3.63. The number of rotatable bonds is 2. The molecule has 1 saturated carbocycles. The molecule has 130 valence electrons. The molecule has 1 saturated heterocycles. The van der Waals surface area contributed by atoms with Crippen LogP contribution < -0.4 is 5.73 Å². The van der Waals surface area contributed by atoms with E-state index in [1.54, 1.807) is 29.2 Å². The van der Waals surface area contributed by atoms with Gasteiger partial charge in [-0.15, -0.1) is 0 Å². The molecule has 2 amide bonds. The minimum absolute atomic E-state index is 0.0373. The van der Waals surface area contributed by atoms with Crippen molar-refractivity contribution < 1.29 is 9.59 Å². The van der Waals surface area contributed by atoms with E-state index >= 15 is 0 Å². The fraction of sp³-hybridized carbons (Fsp3) is 0.556. The lowest BCUT2D eigenvalue weighted by Gasteiger charge is -2.41. The summed E-state index contributed by atoms with van der Waals surface area (Å²) in [6.07, 6.45) is 4.75. The summed E-state index contributed by atoms with van der Waals surface area (Å²) in [5.41, 5.74) is 6.24. The molecule has 2 N–H and O–H groups in total. The summed E-state index contributed by atoms with van der Waals surface area (Å²) in [5, 5.41) is 0.553. The Morgan fingerprint density at radius 1 is 1.00 bits per heavy atom. The molecule has 1 aliphatic carbocycles. The number of hydrogen-bond donors (Lipinski definition) is 1. The molecule has 1 aliphatic heterocycles. The van der Waals surface area contributed by atoms with Gasteiger partial charge >= 0.3 is 0 Å². The SMILES string of the molecule is NC1(C(=O)N2CCN(C(=O)c3cccc(Cl)c3)CC2)CCCCC1. The predicted molar refractivity (Wildman–Crippen MR) is 93.9 cm³/mol. The molecular weight excluding hydrogens is 326 g/mol. The summed E-state index contributed by atoms with van der Waals surface area (Å²) in [5.74, 6) is 0.0155. The number of piperazine rings is 1. The molecule has 0 bridgehead atoms. The van der Waals surface area contributed by atoms with Gasteiger partial charge in [0.25, 0.3) is 5.91 Å². The second kappa shape index (κ2) is 7.11. The monoisotopic (exact) mass is 349 g/mol. The maximum atomic E-state index is 12.7. The molecular formula is C18H24ClN3O2. The van der Waals surface area contributed by atoms with E-state index in [9.17, 15) is 9.59 Å². The van der Waals surface area contributed by atoms with Gasteiger partial charge < -0.3 is 15.5 Å². The maximum absolute atomic E-state index is 12.7. The lowest BCUT2D eigenvalue weighted by molar-refractivity contribution is -0.139. The van der Waals surface area contributed by atoms with Crippen molar-refractivity contribution in [2.24, 2.45) is 5.73 Å². The molecule has 2 fully saturated rings. The maximum Gasteiger partial charge on any atom is 0.254 e. The molecule has 1 aromatic rings. The number of nitrogens with zero attached hydrogens (tertiary/aromatic N) is 2. The van der Waals surface area contributed by atoms with Gasteiger partial charge in [-0.05, 0) is 31.0 Å². The molecule has 0 spiro atoms. The zero-order valence-electron chi connectivity index (χ0n) is 13.8.